The molecule has 0 bridgehead atoms. The van der Waals surface area contributed by atoms with E-state index in [1.165, 1.54) is 0 Å². The van der Waals surface area contributed by atoms with Crippen LogP contribution in [0.3, 0.4) is 0 Å². The number of benzene rings is 1. The molecule has 10 heteroatoms. The highest BCUT2D eigenvalue weighted by Gasteiger charge is 2.34. The first-order chi connectivity index (χ1) is 11.5. The minimum absolute atomic E-state index is 0.135. The molecule has 2 rings (SSSR count). The first-order valence-electron chi connectivity index (χ1n) is 6.83. The van der Waals surface area contributed by atoms with Gasteiger partial charge in [0.25, 0.3) is 0 Å². The van der Waals surface area contributed by atoms with E-state index in [0.29, 0.717) is 5.70 Å². The second kappa shape index (κ2) is 8.03. The summed E-state index contributed by atoms with van der Waals surface area (Å²) < 4.78 is -3.79. The average Bonchev–Trinajstić information content (AvgIpc) is 2.51. The van der Waals surface area contributed by atoms with E-state index in [-0.39, 0.29) is 17.5 Å². The molecule has 134 valence electrons. The van der Waals surface area contributed by atoms with Crippen molar-refractivity contribution >= 4 is 81.4 Å². The third kappa shape index (κ3) is 5.75. The van der Waals surface area contributed by atoms with Gasteiger partial charge in [-0.15, -0.1) is 0 Å². The Bertz CT molecular complexity index is 734. The van der Waals surface area contributed by atoms with Gasteiger partial charge in [-0.25, -0.2) is 15.0 Å². The summed E-state index contributed by atoms with van der Waals surface area (Å²) in [6, 6.07) is 9.59. The van der Waals surface area contributed by atoms with Crippen LogP contribution >= 0.6 is 69.6 Å². The van der Waals surface area contributed by atoms with Crippen molar-refractivity contribution in [3.8, 4) is 0 Å². The van der Waals surface area contributed by atoms with Crippen LogP contribution in [0.1, 0.15) is 23.0 Å². The maximum Gasteiger partial charge on any atom is 0.250 e. The Hall–Kier alpha value is -0.490. The summed E-state index contributed by atoms with van der Waals surface area (Å²) in [5.41, 5.74) is 1.55. The van der Waals surface area contributed by atoms with E-state index >= 15 is 0 Å². The summed E-state index contributed by atoms with van der Waals surface area (Å²) >= 11 is 35.5. The van der Waals surface area contributed by atoms with Crippen molar-refractivity contribution in [3.63, 3.8) is 0 Å². The molecule has 0 saturated heterocycles. The van der Waals surface area contributed by atoms with Crippen molar-refractivity contribution in [2.75, 3.05) is 14.1 Å². The van der Waals surface area contributed by atoms with Gasteiger partial charge < -0.3 is 4.90 Å². The number of rotatable bonds is 3. The number of nitrogens with zero attached hydrogens (tertiary/aromatic N) is 4. The number of halogens is 6. The van der Waals surface area contributed by atoms with Gasteiger partial charge in [-0.3, -0.25) is 0 Å². The number of hydrogen-bond donors (Lipinski definition) is 0. The van der Waals surface area contributed by atoms with Gasteiger partial charge in [-0.05, 0) is 11.6 Å². The van der Waals surface area contributed by atoms with E-state index < -0.39 is 7.59 Å². The van der Waals surface area contributed by atoms with Gasteiger partial charge in [0.15, 0.2) is 17.5 Å². The van der Waals surface area contributed by atoms with Crippen LogP contribution in [-0.4, -0.2) is 33.9 Å². The maximum absolute atomic E-state index is 5.91. The summed E-state index contributed by atoms with van der Waals surface area (Å²) in [5, 5.41) is 0. The number of aromatic nitrogens is 3. The van der Waals surface area contributed by atoms with Gasteiger partial charge in [0.2, 0.25) is 7.59 Å². The van der Waals surface area contributed by atoms with E-state index in [2.05, 4.69) is 15.0 Å². The monoisotopic (exact) mass is 458 g/mol. The predicted octanol–water partition coefficient (Wildman–Crippen LogP) is 5.58. The zero-order chi connectivity index (χ0) is 18.8. The molecule has 2 aromatic rings. The molecule has 1 heterocycles. The Balaban J connectivity index is 2.67. The van der Waals surface area contributed by atoms with Crippen molar-refractivity contribution in [2.24, 2.45) is 0 Å². The molecule has 0 aliphatic carbocycles. The molecule has 1 aromatic carbocycles. The van der Waals surface area contributed by atoms with Crippen molar-refractivity contribution in [2.45, 2.75) is 7.59 Å². The molecule has 0 radical (unpaired) electrons. The van der Waals surface area contributed by atoms with Crippen LogP contribution in [0.5, 0.6) is 0 Å². The van der Waals surface area contributed by atoms with Crippen LogP contribution < -0.4 is 0 Å². The Morgan fingerprint density at radius 2 is 1.32 bits per heavy atom. The van der Waals surface area contributed by atoms with Gasteiger partial charge in [-0.2, -0.15) is 0 Å². The molecule has 25 heavy (non-hydrogen) atoms. The van der Waals surface area contributed by atoms with Gasteiger partial charge in [0, 0.05) is 14.1 Å². The van der Waals surface area contributed by atoms with E-state index in [9.17, 15) is 0 Å². The molecule has 0 aliphatic rings. The Morgan fingerprint density at radius 1 is 0.840 bits per heavy atom. The van der Waals surface area contributed by atoms with E-state index in [0.717, 1.165) is 5.56 Å². The lowest BCUT2D eigenvalue weighted by Crippen LogP contribution is -2.21. The van der Waals surface area contributed by atoms with E-state index in [1.807, 2.05) is 50.5 Å². The topological polar surface area (TPSA) is 41.9 Å². The third-order valence-corrected chi connectivity index (χ3v) is 3.97. The molecule has 0 unspecified atom stereocenters. The Morgan fingerprint density at radius 3 is 1.72 bits per heavy atom. The van der Waals surface area contributed by atoms with Gasteiger partial charge in [-0.1, -0.05) is 99.9 Å². The highest BCUT2D eigenvalue weighted by Crippen LogP contribution is 2.40. The molecule has 0 amide bonds. The summed E-state index contributed by atoms with van der Waals surface area (Å²) in [5.74, 6) is -0.0548. The second-order valence-corrected chi connectivity index (χ2v) is 9.70. The molecule has 1 aromatic heterocycles. The Labute approximate surface area is 175 Å². The zero-order valence-electron chi connectivity index (χ0n) is 13.0. The van der Waals surface area contributed by atoms with Crippen LogP contribution in [0.25, 0.3) is 11.8 Å². The Kier molecular flexibility index (Phi) is 6.69. The summed E-state index contributed by atoms with van der Waals surface area (Å²) in [4.78, 5) is 14.2. The predicted molar refractivity (Wildman–Crippen MR) is 106 cm³/mol. The standard InChI is InChI=1S/C15H12Cl6N4/c1-25(2)10(8-9-6-4-3-5-7-9)11-22-12(14(16,17)18)24-13(23-11)15(19,20)21/h3-8H,1-2H3. The molecule has 0 fully saturated rings. The van der Waals surface area contributed by atoms with Crippen LogP contribution in [0.15, 0.2) is 30.3 Å². The van der Waals surface area contributed by atoms with E-state index in [4.69, 9.17) is 69.6 Å². The molecule has 0 N–H and O–H groups in total. The van der Waals surface area contributed by atoms with Gasteiger partial charge in [0.1, 0.15) is 0 Å². The van der Waals surface area contributed by atoms with Crippen molar-refractivity contribution in [3.05, 3.63) is 53.4 Å². The molecule has 0 saturated carbocycles. The largest absolute Gasteiger partial charge is 0.375 e. The first-order valence-corrected chi connectivity index (χ1v) is 9.10. The van der Waals surface area contributed by atoms with E-state index in [1.54, 1.807) is 4.90 Å². The molecule has 0 atom stereocenters. The zero-order valence-corrected chi connectivity index (χ0v) is 17.6. The van der Waals surface area contributed by atoms with Crippen molar-refractivity contribution < 1.29 is 0 Å². The van der Waals surface area contributed by atoms with Crippen LogP contribution in [-0.2, 0) is 7.59 Å². The fourth-order valence-corrected chi connectivity index (χ4v) is 2.35. The lowest BCUT2D eigenvalue weighted by Gasteiger charge is -2.20. The molecule has 0 spiro atoms. The summed E-state index contributed by atoms with van der Waals surface area (Å²) in [7, 11) is 3.64. The van der Waals surface area contributed by atoms with Crippen molar-refractivity contribution in [1.82, 2.24) is 19.9 Å². The van der Waals surface area contributed by atoms with Crippen molar-refractivity contribution in [1.29, 1.82) is 0 Å². The highest BCUT2D eigenvalue weighted by atomic mass is 35.6. The fourth-order valence-electron chi connectivity index (χ4n) is 1.84. The number of hydrogen-bond acceptors (Lipinski definition) is 4. The molecule has 4 nitrogen and oxygen atoms in total. The highest BCUT2D eigenvalue weighted by molar-refractivity contribution is 6.67. The summed E-state index contributed by atoms with van der Waals surface area (Å²) in [6.07, 6.45) is 1.86. The number of alkyl halides is 6. The first kappa shape index (κ1) is 20.8. The third-order valence-electron chi connectivity index (χ3n) is 2.96. The lowest BCUT2D eigenvalue weighted by atomic mass is 10.2. The SMILES string of the molecule is CN(C)C(=Cc1ccccc1)c1nc(C(Cl)(Cl)Cl)nc(C(Cl)(Cl)Cl)n1. The lowest BCUT2D eigenvalue weighted by molar-refractivity contribution is 0.585. The smallest absolute Gasteiger partial charge is 0.250 e. The average molecular weight is 461 g/mol. The normalized spacial score (nSPS) is 13.0. The molecule has 0 aliphatic heterocycles. The quantitative estimate of drug-likeness (QED) is 0.560. The minimum atomic E-state index is -1.90. The molecular formula is C15H12Cl6N4. The fraction of sp³-hybridized carbons (Fsp3) is 0.267. The minimum Gasteiger partial charge on any atom is -0.375 e. The van der Waals surface area contributed by atoms with Crippen LogP contribution in [0, 0.1) is 0 Å². The van der Waals surface area contributed by atoms with Gasteiger partial charge in [0.05, 0.1) is 5.70 Å². The summed E-state index contributed by atoms with van der Waals surface area (Å²) in [6.45, 7) is 0. The van der Waals surface area contributed by atoms with Gasteiger partial charge >= 0.3 is 0 Å². The van der Waals surface area contributed by atoms with Crippen LogP contribution in [0.2, 0.25) is 0 Å². The molecular weight excluding hydrogens is 449 g/mol. The van der Waals surface area contributed by atoms with Crippen LogP contribution in [0.4, 0.5) is 0 Å². The maximum atomic E-state index is 5.91. The second-order valence-electron chi connectivity index (χ2n) is 5.14.